The fraction of sp³-hybridized carbons (Fsp3) is 0.185. The number of rotatable bonds is 5. The molecule has 1 aliphatic heterocycles. The minimum atomic E-state index is -1.46. The summed E-state index contributed by atoms with van der Waals surface area (Å²) in [5.41, 5.74) is 8.54. The molecular formula is C27H24N8O5. The maximum absolute atomic E-state index is 12.7. The molecule has 2 aromatic carbocycles. The number of anilines is 3. The molecule has 13 heteroatoms. The first-order valence-corrected chi connectivity index (χ1v) is 12.6. The van der Waals surface area contributed by atoms with E-state index in [1.165, 1.54) is 4.57 Å². The van der Waals surface area contributed by atoms with Crippen molar-refractivity contribution in [3.8, 4) is 11.3 Å². The quantitative estimate of drug-likeness (QED) is 0.169. The molecule has 1 aliphatic rings. The van der Waals surface area contributed by atoms with E-state index in [1.54, 1.807) is 0 Å². The zero-order valence-corrected chi connectivity index (χ0v) is 20.8. The lowest BCUT2D eigenvalue weighted by molar-refractivity contribution is -0.0501. The van der Waals surface area contributed by atoms with Gasteiger partial charge in [0, 0.05) is 21.9 Å². The largest absolute Gasteiger partial charge is 0.394 e. The number of aromatic amines is 2. The molecule has 0 aliphatic carbocycles. The third-order valence-corrected chi connectivity index (χ3v) is 7.12. The van der Waals surface area contributed by atoms with Gasteiger partial charge in [-0.05, 0) is 12.1 Å². The molecule has 202 valence electrons. The molecule has 0 amide bonds. The SMILES string of the molecule is Nc1nc2c(nc(Nc3cc4c([nH]c5ccccc54)c(-c4ccccc4)n3)n2[C@@H]2O[C@H](CO)[C@@H](O)[C@H]2O)c(=O)[nH]1. The molecule has 5 heterocycles. The first kappa shape index (κ1) is 24.2. The lowest BCUT2D eigenvalue weighted by Crippen LogP contribution is -2.33. The second kappa shape index (κ2) is 9.14. The summed E-state index contributed by atoms with van der Waals surface area (Å²) < 4.78 is 7.11. The minimum Gasteiger partial charge on any atom is -0.394 e. The lowest BCUT2D eigenvalue weighted by atomic mass is 10.1. The van der Waals surface area contributed by atoms with E-state index >= 15 is 0 Å². The van der Waals surface area contributed by atoms with Gasteiger partial charge in [-0.3, -0.25) is 14.3 Å². The summed E-state index contributed by atoms with van der Waals surface area (Å²) in [7, 11) is 0. The van der Waals surface area contributed by atoms with Gasteiger partial charge in [0.05, 0.1) is 17.8 Å². The lowest BCUT2D eigenvalue weighted by Gasteiger charge is -2.20. The fourth-order valence-corrected chi connectivity index (χ4v) is 5.25. The molecular weight excluding hydrogens is 516 g/mol. The number of benzene rings is 2. The number of hydrogen-bond acceptors (Lipinski definition) is 10. The predicted molar refractivity (Wildman–Crippen MR) is 148 cm³/mol. The fourth-order valence-electron chi connectivity index (χ4n) is 5.25. The average Bonchev–Trinajstić information content (AvgIpc) is 3.60. The molecule has 0 unspecified atom stereocenters. The maximum Gasteiger partial charge on any atom is 0.280 e. The summed E-state index contributed by atoms with van der Waals surface area (Å²) in [5, 5.41) is 35.9. The Hall–Kier alpha value is -4.82. The number of nitrogens with one attached hydrogen (secondary N) is 3. The average molecular weight is 541 g/mol. The van der Waals surface area contributed by atoms with Crippen LogP contribution < -0.4 is 16.6 Å². The molecule has 40 heavy (non-hydrogen) atoms. The first-order chi connectivity index (χ1) is 19.4. The van der Waals surface area contributed by atoms with E-state index in [2.05, 4.69) is 25.3 Å². The Morgan fingerprint density at radius 1 is 0.975 bits per heavy atom. The summed E-state index contributed by atoms with van der Waals surface area (Å²) >= 11 is 0. The van der Waals surface area contributed by atoms with Crippen LogP contribution in [0.2, 0.25) is 0 Å². The van der Waals surface area contributed by atoms with Gasteiger partial charge < -0.3 is 36.1 Å². The van der Waals surface area contributed by atoms with Crippen LogP contribution in [0.5, 0.6) is 0 Å². The Morgan fingerprint density at radius 2 is 1.75 bits per heavy atom. The molecule has 0 bridgehead atoms. The topological polar surface area (TPSA) is 200 Å². The summed E-state index contributed by atoms with van der Waals surface area (Å²) in [6.45, 7) is -0.528. The normalized spacial score (nSPS) is 21.1. The van der Waals surface area contributed by atoms with Gasteiger partial charge in [0.15, 0.2) is 17.4 Å². The van der Waals surface area contributed by atoms with E-state index in [4.69, 9.17) is 15.5 Å². The smallest absolute Gasteiger partial charge is 0.280 e. The van der Waals surface area contributed by atoms with Gasteiger partial charge in [-0.1, -0.05) is 48.5 Å². The number of nitrogens with zero attached hydrogens (tertiary/aromatic N) is 4. The van der Waals surface area contributed by atoms with Crippen molar-refractivity contribution < 1.29 is 20.1 Å². The van der Waals surface area contributed by atoms with E-state index in [9.17, 15) is 20.1 Å². The van der Waals surface area contributed by atoms with Crippen molar-refractivity contribution in [2.75, 3.05) is 17.7 Å². The summed E-state index contributed by atoms with van der Waals surface area (Å²) in [5.74, 6) is 0.296. The van der Waals surface area contributed by atoms with E-state index in [0.717, 1.165) is 27.4 Å². The van der Waals surface area contributed by atoms with Crippen molar-refractivity contribution >= 4 is 50.7 Å². The van der Waals surface area contributed by atoms with E-state index in [0.29, 0.717) is 11.5 Å². The second-order valence-electron chi connectivity index (χ2n) is 9.60. The monoisotopic (exact) mass is 540 g/mol. The number of aliphatic hydroxyl groups excluding tert-OH is 3. The first-order valence-electron chi connectivity index (χ1n) is 12.6. The molecule has 4 atom stereocenters. The van der Waals surface area contributed by atoms with Crippen LogP contribution in [0.4, 0.5) is 17.7 Å². The Morgan fingerprint density at radius 3 is 2.52 bits per heavy atom. The number of H-pyrrole nitrogens is 2. The number of fused-ring (bicyclic) bond motifs is 4. The molecule has 0 saturated carbocycles. The van der Waals surface area contributed by atoms with E-state index in [1.807, 2.05) is 60.7 Å². The highest BCUT2D eigenvalue weighted by Gasteiger charge is 2.45. The highest BCUT2D eigenvalue weighted by molar-refractivity contribution is 6.12. The number of aliphatic hydroxyl groups is 3. The van der Waals surface area contributed by atoms with Gasteiger partial charge in [0.2, 0.25) is 11.9 Å². The number of ether oxygens (including phenoxy) is 1. The molecule has 0 radical (unpaired) electrons. The van der Waals surface area contributed by atoms with Gasteiger partial charge >= 0.3 is 0 Å². The molecule has 7 rings (SSSR count). The highest BCUT2D eigenvalue weighted by atomic mass is 16.6. The van der Waals surface area contributed by atoms with Crippen molar-refractivity contribution in [3.05, 3.63) is 71.0 Å². The number of para-hydroxylation sites is 1. The highest BCUT2D eigenvalue weighted by Crippen LogP contribution is 2.37. The summed E-state index contributed by atoms with van der Waals surface area (Å²) in [4.78, 5) is 32.2. The van der Waals surface area contributed by atoms with Crippen LogP contribution in [0.25, 0.3) is 44.2 Å². The van der Waals surface area contributed by atoms with Gasteiger partial charge in [-0.15, -0.1) is 0 Å². The Balaban J connectivity index is 1.44. The number of nitrogens with two attached hydrogens (primary N) is 1. The second-order valence-corrected chi connectivity index (χ2v) is 9.60. The molecule has 8 N–H and O–H groups in total. The third kappa shape index (κ3) is 3.71. The van der Waals surface area contributed by atoms with Crippen LogP contribution in [0.1, 0.15) is 6.23 Å². The molecule has 1 fully saturated rings. The number of nitrogen functional groups attached to an aromatic ring is 1. The van der Waals surface area contributed by atoms with Crippen LogP contribution in [0.3, 0.4) is 0 Å². The van der Waals surface area contributed by atoms with Gasteiger partial charge in [-0.25, -0.2) is 9.97 Å². The van der Waals surface area contributed by atoms with Crippen molar-refractivity contribution in [2.24, 2.45) is 0 Å². The van der Waals surface area contributed by atoms with Crippen LogP contribution in [-0.2, 0) is 4.74 Å². The summed E-state index contributed by atoms with van der Waals surface area (Å²) in [6.07, 6.45) is -5.14. The molecule has 6 aromatic rings. The van der Waals surface area contributed by atoms with Crippen LogP contribution in [-0.4, -0.2) is 69.7 Å². The van der Waals surface area contributed by atoms with Crippen molar-refractivity contribution in [1.29, 1.82) is 0 Å². The third-order valence-electron chi connectivity index (χ3n) is 7.12. The van der Waals surface area contributed by atoms with Crippen molar-refractivity contribution in [3.63, 3.8) is 0 Å². The molecule has 0 spiro atoms. The number of pyridine rings is 1. The Labute approximate surface area is 224 Å². The Kier molecular flexibility index (Phi) is 5.54. The zero-order chi connectivity index (χ0) is 27.5. The van der Waals surface area contributed by atoms with Gasteiger partial charge in [-0.2, -0.15) is 4.98 Å². The van der Waals surface area contributed by atoms with Crippen molar-refractivity contribution in [1.82, 2.24) is 29.5 Å². The van der Waals surface area contributed by atoms with Crippen molar-refractivity contribution in [2.45, 2.75) is 24.5 Å². The van der Waals surface area contributed by atoms with E-state index < -0.39 is 36.7 Å². The molecule has 4 aromatic heterocycles. The molecule has 1 saturated heterocycles. The van der Waals surface area contributed by atoms with E-state index in [-0.39, 0.29) is 23.1 Å². The van der Waals surface area contributed by atoms with Gasteiger partial charge in [0.1, 0.15) is 24.1 Å². The Bertz CT molecular complexity index is 1950. The van der Waals surface area contributed by atoms with Crippen LogP contribution >= 0.6 is 0 Å². The molecule has 13 nitrogen and oxygen atoms in total. The maximum atomic E-state index is 12.7. The minimum absolute atomic E-state index is 0.0232. The van der Waals surface area contributed by atoms with Crippen LogP contribution in [0, 0.1) is 0 Å². The standard InChI is InChI=1S/C27H24N8O5/c28-26-33-23-20(24(39)34-26)32-27(35(23)25-22(38)21(37)16(11-36)40-25)31-17-10-14-13-8-4-5-9-15(13)29-19(14)18(30-17)12-6-2-1-3-7-12/h1-10,16,21-22,25,29,36-38H,11H2,(H,30,31,32)(H3,28,33,34,39)/t16-,21-,22-,25-/m1/s1. The number of hydrogen-bond donors (Lipinski definition) is 7. The number of aromatic nitrogens is 6. The number of imidazole rings is 1. The summed E-state index contributed by atoms with van der Waals surface area (Å²) in [6, 6.07) is 19.4. The van der Waals surface area contributed by atoms with Crippen LogP contribution in [0.15, 0.2) is 65.5 Å². The predicted octanol–water partition coefficient (Wildman–Crippen LogP) is 1.75. The zero-order valence-electron chi connectivity index (χ0n) is 20.8. The van der Waals surface area contributed by atoms with Gasteiger partial charge in [0.25, 0.3) is 5.56 Å².